The average molecular weight is 286 g/mol. The second kappa shape index (κ2) is 7.45. The van der Waals surface area contributed by atoms with Crippen LogP contribution in [0.25, 0.3) is 0 Å². The highest BCUT2D eigenvalue weighted by Gasteiger charge is 2.19. The van der Waals surface area contributed by atoms with Crippen molar-refractivity contribution in [2.75, 3.05) is 7.11 Å². The molecule has 0 fully saturated rings. The van der Waals surface area contributed by atoms with Gasteiger partial charge in [-0.3, -0.25) is 0 Å². The highest BCUT2D eigenvalue weighted by molar-refractivity contribution is 5.72. The van der Waals surface area contributed by atoms with Crippen LogP contribution in [0.2, 0.25) is 0 Å². The van der Waals surface area contributed by atoms with Crippen molar-refractivity contribution < 1.29 is 19.4 Å². The van der Waals surface area contributed by atoms with Gasteiger partial charge in [0.05, 0.1) is 13.7 Å². The van der Waals surface area contributed by atoms with Crippen molar-refractivity contribution in [2.24, 2.45) is 0 Å². The van der Waals surface area contributed by atoms with Gasteiger partial charge in [0.2, 0.25) is 0 Å². The fraction of sp³-hybridized carbons (Fsp3) is 0.235. The maximum atomic E-state index is 11.3. The number of benzene rings is 2. The third-order valence-electron chi connectivity index (χ3n) is 3.12. The molecule has 0 saturated heterocycles. The maximum Gasteiger partial charge on any atom is 0.333 e. The van der Waals surface area contributed by atoms with Gasteiger partial charge in [-0.05, 0) is 23.3 Å². The van der Waals surface area contributed by atoms with Gasteiger partial charge in [-0.15, -0.1) is 0 Å². The van der Waals surface area contributed by atoms with Crippen molar-refractivity contribution in [3.05, 3.63) is 65.7 Å². The first kappa shape index (κ1) is 15.1. The molecule has 4 heteroatoms. The Morgan fingerprint density at radius 1 is 1.10 bits per heavy atom. The number of hydrogen-bond donors (Lipinski definition) is 1. The third kappa shape index (κ3) is 4.61. The molecule has 0 aromatic heterocycles. The molecule has 0 radical (unpaired) electrons. The van der Waals surface area contributed by atoms with E-state index >= 15 is 0 Å². The quantitative estimate of drug-likeness (QED) is 0.850. The highest BCUT2D eigenvalue weighted by atomic mass is 16.5. The van der Waals surface area contributed by atoms with Crippen LogP contribution < -0.4 is 4.74 Å². The monoisotopic (exact) mass is 286 g/mol. The van der Waals surface area contributed by atoms with Gasteiger partial charge in [0.1, 0.15) is 5.75 Å². The number of rotatable bonds is 7. The summed E-state index contributed by atoms with van der Waals surface area (Å²) < 4.78 is 10.7. The smallest absolute Gasteiger partial charge is 0.333 e. The minimum atomic E-state index is -0.964. The van der Waals surface area contributed by atoms with E-state index in [0.29, 0.717) is 12.2 Å². The summed E-state index contributed by atoms with van der Waals surface area (Å²) in [6.07, 6.45) is -0.573. The summed E-state index contributed by atoms with van der Waals surface area (Å²) in [5, 5.41) is 9.28. The van der Waals surface area contributed by atoms with Crippen LogP contribution in [0, 0.1) is 0 Å². The number of carbonyl (C=O) groups is 1. The lowest BCUT2D eigenvalue weighted by Gasteiger charge is -2.14. The zero-order valence-electron chi connectivity index (χ0n) is 11.9. The molecule has 4 nitrogen and oxygen atoms in total. The SMILES string of the molecule is COc1cccc(C[C@H](OCc2ccccc2)C(=O)O)c1. The van der Waals surface area contributed by atoms with Crippen LogP contribution in [0.15, 0.2) is 54.6 Å². The summed E-state index contributed by atoms with van der Waals surface area (Å²) in [6.45, 7) is 0.280. The van der Waals surface area contributed by atoms with Gasteiger partial charge in [0.25, 0.3) is 0 Å². The van der Waals surface area contributed by atoms with Crippen LogP contribution in [-0.2, 0) is 22.6 Å². The minimum absolute atomic E-state index is 0.280. The second-order valence-electron chi connectivity index (χ2n) is 4.68. The predicted octanol–water partition coefficient (Wildman–Crippen LogP) is 2.91. The molecule has 0 aliphatic heterocycles. The van der Waals surface area contributed by atoms with Crippen molar-refractivity contribution in [2.45, 2.75) is 19.1 Å². The van der Waals surface area contributed by atoms with Crippen LogP contribution >= 0.6 is 0 Å². The molecule has 0 spiro atoms. The summed E-state index contributed by atoms with van der Waals surface area (Å²) in [5.74, 6) is -0.256. The molecule has 0 amide bonds. The number of ether oxygens (including phenoxy) is 2. The van der Waals surface area contributed by atoms with E-state index in [4.69, 9.17) is 9.47 Å². The van der Waals surface area contributed by atoms with Gasteiger partial charge in [0.15, 0.2) is 6.10 Å². The molecule has 0 saturated carbocycles. The zero-order chi connectivity index (χ0) is 15.1. The fourth-order valence-corrected chi connectivity index (χ4v) is 2.00. The minimum Gasteiger partial charge on any atom is -0.497 e. The topological polar surface area (TPSA) is 55.8 Å². The fourth-order valence-electron chi connectivity index (χ4n) is 2.00. The lowest BCUT2D eigenvalue weighted by atomic mass is 10.1. The van der Waals surface area contributed by atoms with Crippen molar-refractivity contribution in [3.63, 3.8) is 0 Å². The van der Waals surface area contributed by atoms with Crippen molar-refractivity contribution in [3.8, 4) is 5.75 Å². The number of hydrogen-bond acceptors (Lipinski definition) is 3. The first-order valence-corrected chi connectivity index (χ1v) is 6.70. The Balaban J connectivity index is 2.00. The lowest BCUT2D eigenvalue weighted by Crippen LogP contribution is -2.26. The summed E-state index contributed by atoms with van der Waals surface area (Å²) in [5.41, 5.74) is 1.82. The Morgan fingerprint density at radius 3 is 2.48 bits per heavy atom. The maximum absolute atomic E-state index is 11.3. The molecule has 2 aromatic carbocycles. The normalized spacial score (nSPS) is 11.9. The Bertz CT molecular complexity index is 580. The summed E-state index contributed by atoms with van der Waals surface area (Å²) in [4.78, 5) is 11.3. The van der Waals surface area contributed by atoms with E-state index in [1.165, 1.54) is 0 Å². The molecule has 1 N–H and O–H groups in total. The molecule has 0 bridgehead atoms. The van der Waals surface area contributed by atoms with Gasteiger partial charge < -0.3 is 14.6 Å². The van der Waals surface area contributed by atoms with Crippen LogP contribution in [0.1, 0.15) is 11.1 Å². The summed E-state index contributed by atoms with van der Waals surface area (Å²) in [6, 6.07) is 16.9. The van der Waals surface area contributed by atoms with E-state index in [9.17, 15) is 9.90 Å². The van der Waals surface area contributed by atoms with Crippen molar-refractivity contribution >= 4 is 5.97 Å². The van der Waals surface area contributed by atoms with Gasteiger partial charge in [0, 0.05) is 6.42 Å². The molecule has 2 aromatic rings. The van der Waals surface area contributed by atoms with Gasteiger partial charge >= 0.3 is 5.97 Å². The standard InChI is InChI=1S/C17H18O4/c1-20-15-9-5-8-14(10-15)11-16(17(18)19)21-12-13-6-3-2-4-7-13/h2-10,16H,11-12H2,1H3,(H,18,19)/t16-/m0/s1. The Labute approximate surface area is 123 Å². The van der Waals surface area contributed by atoms with E-state index in [1.807, 2.05) is 54.6 Å². The molecule has 0 aliphatic rings. The molecule has 21 heavy (non-hydrogen) atoms. The molecule has 0 aliphatic carbocycles. The summed E-state index contributed by atoms with van der Waals surface area (Å²) in [7, 11) is 1.58. The van der Waals surface area contributed by atoms with Crippen LogP contribution in [0.5, 0.6) is 5.75 Å². The Kier molecular flexibility index (Phi) is 5.35. The lowest BCUT2D eigenvalue weighted by molar-refractivity contribution is -0.151. The molecule has 110 valence electrons. The number of carboxylic acids is 1. The van der Waals surface area contributed by atoms with E-state index in [0.717, 1.165) is 11.1 Å². The molecule has 0 heterocycles. The van der Waals surface area contributed by atoms with Crippen LogP contribution in [0.3, 0.4) is 0 Å². The van der Waals surface area contributed by atoms with Gasteiger partial charge in [-0.1, -0.05) is 42.5 Å². The Hall–Kier alpha value is -2.33. The summed E-state index contributed by atoms with van der Waals surface area (Å²) >= 11 is 0. The molecule has 1 atom stereocenters. The largest absolute Gasteiger partial charge is 0.497 e. The predicted molar refractivity (Wildman–Crippen MR) is 79.4 cm³/mol. The van der Waals surface area contributed by atoms with E-state index < -0.39 is 12.1 Å². The van der Waals surface area contributed by atoms with E-state index in [1.54, 1.807) is 7.11 Å². The number of methoxy groups -OCH3 is 1. The average Bonchev–Trinajstić information content (AvgIpc) is 2.52. The third-order valence-corrected chi connectivity index (χ3v) is 3.12. The molecule has 0 unspecified atom stereocenters. The molecular weight excluding hydrogens is 268 g/mol. The van der Waals surface area contributed by atoms with Crippen molar-refractivity contribution in [1.82, 2.24) is 0 Å². The second-order valence-corrected chi connectivity index (χ2v) is 4.68. The number of aliphatic carboxylic acids is 1. The number of carboxylic acid groups (broad SMARTS) is 1. The van der Waals surface area contributed by atoms with Crippen LogP contribution in [-0.4, -0.2) is 24.3 Å². The van der Waals surface area contributed by atoms with Gasteiger partial charge in [-0.2, -0.15) is 0 Å². The van der Waals surface area contributed by atoms with Crippen LogP contribution in [0.4, 0.5) is 0 Å². The zero-order valence-corrected chi connectivity index (χ0v) is 11.9. The van der Waals surface area contributed by atoms with E-state index in [-0.39, 0.29) is 6.61 Å². The van der Waals surface area contributed by atoms with Gasteiger partial charge in [-0.25, -0.2) is 4.79 Å². The Morgan fingerprint density at radius 2 is 1.81 bits per heavy atom. The van der Waals surface area contributed by atoms with Crippen molar-refractivity contribution in [1.29, 1.82) is 0 Å². The highest BCUT2D eigenvalue weighted by Crippen LogP contribution is 2.16. The first-order valence-electron chi connectivity index (χ1n) is 6.70. The molecule has 2 rings (SSSR count). The molecular formula is C17H18O4. The first-order chi connectivity index (χ1) is 10.2. The van der Waals surface area contributed by atoms with E-state index in [2.05, 4.69) is 0 Å².